The van der Waals surface area contributed by atoms with E-state index in [0.717, 1.165) is 11.3 Å². The van der Waals surface area contributed by atoms with Gasteiger partial charge in [0.15, 0.2) is 4.21 Å². The number of rotatable bonds is 3. The summed E-state index contributed by atoms with van der Waals surface area (Å²) in [6.45, 7) is 9.86. The van der Waals surface area contributed by atoms with Crippen LogP contribution in [0.25, 0.3) is 0 Å². The lowest BCUT2D eigenvalue weighted by Gasteiger charge is -2.46. The smallest absolute Gasteiger partial charge is 0.305 e. The van der Waals surface area contributed by atoms with Crippen molar-refractivity contribution in [1.29, 1.82) is 0 Å². The van der Waals surface area contributed by atoms with E-state index < -0.39 is 10.0 Å². The fraction of sp³-hybridized carbons (Fsp3) is 0.769. The zero-order valence-corrected chi connectivity index (χ0v) is 14.7. The van der Waals surface area contributed by atoms with E-state index >= 15 is 0 Å². The SMILES string of the molecule is Cc1[nH]c(=O)sc1S(=O)(=O)NC1CC(C)(C)NC(C)(C)C1. The van der Waals surface area contributed by atoms with Crippen LogP contribution in [0.15, 0.2) is 9.00 Å². The first-order valence-corrected chi connectivity index (χ1v) is 9.22. The third kappa shape index (κ3) is 3.94. The van der Waals surface area contributed by atoms with Gasteiger partial charge in [-0.15, -0.1) is 0 Å². The number of hydrogen-bond donors (Lipinski definition) is 3. The van der Waals surface area contributed by atoms with Crippen molar-refractivity contribution in [3.05, 3.63) is 15.4 Å². The second kappa shape index (κ2) is 5.19. The van der Waals surface area contributed by atoms with Gasteiger partial charge < -0.3 is 10.3 Å². The van der Waals surface area contributed by atoms with Crippen LogP contribution in [0.3, 0.4) is 0 Å². The summed E-state index contributed by atoms with van der Waals surface area (Å²) in [5, 5.41) is 3.51. The van der Waals surface area contributed by atoms with Crippen molar-refractivity contribution in [2.75, 3.05) is 0 Å². The summed E-state index contributed by atoms with van der Waals surface area (Å²) < 4.78 is 27.8. The molecule has 8 heteroatoms. The summed E-state index contributed by atoms with van der Waals surface area (Å²) in [5.74, 6) is 0. The van der Waals surface area contributed by atoms with E-state index in [1.807, 2.05) is 0 Å². The first-order valence-electron chi connectivity index (χ1n) is 6.92. The van der Waals surface area contributed by atoms with Gasteiger partial charge in [0.05, 0.1) is 0 Å². The highest BCUT2D eigenvalue weighted by Crippen LogP contribution is 2.29. The van der Waals surface area contributed by atoms with E-state index in [2.05, 4.69) is 42.7 Å². The van der Waals surface area contributed by atoms with E-state index in [1.54, 1.807) is 6.92 Å². The summed E-state index contributed by atoms with van der Waals surface area (Å²) in [4.78, 5) is 13.5. The van der Waals surface area contributed by atoms with Gasteiger partial charge in [0, 0.05) is 22.8 Å². The number of sulfonamides is 1. The fourth-order valence-corrected chi connectivity index (χ4v) is 5.88. The average molecular weight is 333 g/mol. The second-order valence-corrected chi connectivity index (χ2v) is 9.94. The quantitative estimate of drug-likeness (QED) is 0.778. The molecule has 0 saturated carbocycles. The highest BCUT2D eigenvalue weighted by molar-refractivity contribution is 7.91. The molecule has 0 atom stereocenters. The third-order valence-electron chi connectivity index (χ3n) is 3.54. The highest BCUT2D eigenvalue weighted by atomic mass is 32.2. The van der Waals surface area contributed by atoms with Crippen molar-refractivity contribution in [2.45, 2.75) is 68.8 Å². The summed E-state index contributed by atoms with van der Waals surface area (Å²) in [7, 11) is -3.66. The number of thiazole rings is 1. The predicted molar refractivity (Wildman–Crippen MR) is 84.3 cm³/mol. The van der Waals surface area contributed by atoms with Gasteiger partial charge in [-0.25, -0.2) is 13.1 Å². The minimum atomic E-state index is -3.66. The number of hydrogen-bond acceptors (Lipinski definition) is 5. The van der Waals surface area contributed by atoms with Crippen molar-refractivity contribution in [1.82, 2.24) is 15.0 Å². The van der Waals surface area contributed by atoms with Crippen LogP contribution in [0.5, 0.6) is 0 Å². The molecular formula is C13H23N3O3S2. The molecule has 2 rings (SSSR count). The van der Waals surface area contributed by atoms with Gasteiger partial charge in [-0.2, -0.15) is 0 Å². The van der Waals surface area contributed by atoms with Crippen molar-refractivity contribution in [3.8, 4) is 0 Å². The fourth-order valence-electron chi connectivity index (χ4n) is 3.33. The first-order chi connectivity index (χ1) is 9.40. The van der Waals surface area contributed by atoms with Crippen LogP contribution in [0.1, 0.15) is 46.2 Å². The van der Waals surface area contributed by atoms with Crippen LogP contribution in [-0.4, -0.2) is 30.5 Å². The number of aryl methyl sites for hydroxylation is 1. The van der Waals surface area contributed by atoms with Crippen molar-refractivity contribution >= 4 is 21.4 Å². The van der Waals surface area contributed by atoms with Crippen LogP contribution < -0.4 is 14.9 Å². The zero-order valence-electron chi connectivity index (χ0n) is 13.0. The van der Waals surface area contributed by atoms with Crippen LogP contribution in [0, 0.1) is 6.92 Å². The molecule has 0 bridgehead atoms. The van der Waals surface area contributed by atoms with Gasteiger partial charge in [0.1, 0.15) is 0 Å². The Balaban J connectivity index is 2.24. The van der Waals surface area contributed by atoms with Crippen molar-refractivity contribution in [3.63, 3.8) is 0 Å². The lowest BCUT2D eigenvalue weighted by atomic mass is 9.80. The molecule has 1 fully saturated rings. The van der Waals surface area contributed by atoms with Crippen LogP contribution in [-0.2, 0) is 10.0 Å². The van der Waals surface area contributed by atoms with Gasteiger partial charge in [-0.05, 0) is 47.5 Å². The minimum Gasteiger partial charge on any atom is -0.315 e. The van der Waals surface area contributed by atoms with E-state index in [9.17, 15) is 13.2 Å². The Bertz CT molecular complexity index is 670. The van der Waals surface area contributed by atoms with Crippen LogP contribution in [0.2, 0.25) is 0 Å². The highest BCUT2D eigenvalue weighted by Gasteiger charge is 2.39. The predicted octanol–water partition coefficient (Wildman–Crippen LogP) is 1.33. The maximum absolute atomic E-state index is 12.5. The van der Waals surface area contributed by atoms with Crippen molar-refractivity contribution < 1.29 is 8.42 Å². The molecule has 1 aromatic heterocycles. The van der Waals surface area contributed by atoms with E-state index in [1.165, 1.54) is 0 Å². The van der Waals surface area contributed by atoms with E-state index in [0.29, 0.717) is 18.5 Å². The number of nitrogens with one attached hydrogen (secondary N) is 3. The molecule has 1 aliphatic rings. The Labute approximate surface area is 129 Å². The van der Waals surface area contributed by atoms with Crippen LogP contribution >= 0.6 is 11.3 Å². The summed E-state index contributed by atoms with van der Waals surface area (Å²) in [5.41, 5.74) is 0.106. The van der Waals surface area contributed by atoms with E-state index in [-0.39, 0.29) is 26.2 Å². The van der Waals surface area contributed by atoms with Gasteiger partial charge in [0.25, 0.3) is 10.0 Å². The molecular weight excluding hydrogens is 310 g/mol. The monoisotopic (exact) mass is 333 g/mol. The molecule has 6 nitrogen and oxygen atoms in total. The molecule has 120 valence electrons. The van der Waals surface area contributed by atoms with Crippen molar-refractivity contribution in [2.24, 2.45) is 0 Å². The molecule has 21 heavy (non-hydrogen) atoms. The maximum atomic E-state index is 12.5. The van der Waals surface area contributed by atoms with Gasteiger partial charge in [-0.1, -0.05) is 11.3 Å². The number of H-pyrrole nitrogens is 1. The molecule has 2 heterocycles. The largest absolute Gasteiger partial charge is 0.315 e. The molecule has 0 amide bonds. The Hall–Kier alpha value is -0.700. The molecule has 0 unspecified atom stereocenters. The lowest BCUT2D eigenvalue weighted by molar-refractivity contribution is 0.157. The topological polar surface area (TPSA) is 91.1 Å². The molecule has 1 aromatic rings. The normalized spacial score (nSPS) is 22.3. The zero-order chi connectivity index (χ0) is 16.1. The number of aromatic nitrogens is 1. The molecule has 0 aliphatic carbocycles. The lowest BCUT2D eigenvalue weighted by Crippen LogP contribution is -2.62. The van der Waals surface area contributed by atoms with E-state index in [4.69, 9.17) is 0 Å². The Morgan fingerprint density at radius 3 is 2.14 bits per heavy atom. The average Bonchev–Trinajstić information content (AvgIpc) is 2.52. The molecule has 1 aliphatic heterocycles. The number of piperidine rings is 1. The first kappa shape index (κ1) is 16.7. The second-order valence-electron chi connectivity index (χ2n) is 7.05. The molecule has 0 radical (unpaired) electrons. The maximum Gasteiger partial charge on any atom is 0.305 e. The molecule has 1 saturated heterocycles. The Morgan fingerprint density at radius 1 is 1.19 bits per heavy atom. The summed E-state index contributed by atoms with van der Waals surface area (Å²) in [6.07, 6.45) is 1.40. The Morgan fingerprint density at radius 2 is 1.71 bits per heavy atom. The molecule has 0 spiro atoms. The standard InChI is InChI=1S/C13H23N3O3S2/c1-8-10(20-11(17)14-8)21(18,19)15-9-6-12(2,3)16-13(4,5)7-9/h9,15-16H,6-7H2,1-5H3,(H,14,17). The van der Waals surface area contributed by atoms with Gasteiger partial charge in [-0.3, -0.25) is 4.79 Å². The van der Waals surface area contributed by atoms with Gasteiger partial charge >= 0.3 is 4.87 Å². The number of aromatic amines is 1. The Kier molecular flexibility index (Phi) is 4.12. The molecule has 3 N–H and O–H groups in total. The summed E-state index contributed by atoms with van der Waals surface area (Å²) >= 11 is 0.732. The summed E-state index contributed by atoms with van der Waals surface area (Å²) in [6, 6.07) is -0.155. The van der Waals surface area contributed by atoms with Crippen LogP contribution in [0.4, 0.5) is 0 Å². The molecule has 0 aromatic carbocycles. The third-order valence-corrected chi connectivity index (χ3v) is 6.66. The minimum absolute atomic E-state index is 0.0849. The van der Waals surface area contributed by atoms with Gasteiger partial charge in [0.2, 0.25) is 0 Å².